The molecule has 2 aliphatic rings. The second-order valence-electron chi connectivity index (χ2n) is 7.84. The van der Waals surface area contributed by atoms with Crippen LogP contribution in [0.5, 0.6) is 0 Å². The predicted molar refractivity (Wildman–Crippen MR) is 121 cm³/mol. The van der Waals surface area contributed by atoms with Crippen LogP contribution in [0.1, 0.15) is 30.4 Å². The molecular formula is C25H22N4O. The Kier molecular flexibility index (Phi) is 4.29. The topological polar surface area (TPSA) is 46.0 Å². The molecule has 148 valence electrons. The summed E-state index contributed by atoms with van der Waals surface area (Å²) in [5.41, 5.74) is 11.0. The zero-order valence-corrected chi connectivity index (χ0v) is 17.4. The van der Waals surface area contributed by atoms with Gasteiger partial charge in [0, 0.05) is 40.3 Å². The van der Waals surface area contributed by atoms with Crippen molar-refractivity contribution >= 4 is 28.3 Å². The van der Waals surface area contributed by atoms with Crippen LogP contribution >= 0.6 is 0 Å². The lowest BCUT2D eigenvalue weighted by Crippen LogP contribution is -2.19. The number of aromatic nitrogens is 1. The Morgan fingerprint density at radius 2 is 1.87 bits per heavy atom. The first-order valence-electron chi connectivity index (χ1n) is 10.1. The average molecular weight is 394 g/mol. The number of benzene rings is 2. The summed E-state index contributed by atoms with van der Waals surface area (Å²) in [7, 11) is 0. The predicted octanol–water partition coefficient (Wildman–Crippen LogP) is 6.28. The fourth-order valence-electron chi connectivity index (χ4n) is 4.58. The molecule has 0 bridgehead atoms. The SMILES string of the molecule is [C-]#[N+]c1ccc(N2CCC3=C(C(C)=NC3)c3ccc(-c4c(C)noc4C)cc32)cc1. The molecule has 0 unspecified atom stereocenters. The van der Waals surface area contributed by atoms with Crippen molar-refractivity contribution in [3.63, 3.8) is 0 Å². The minimum Gasteiger partial charge on any atom is -0.361 e. The minimum absolute atomic E-state index is 0.655. The molecule has 0 N–H and O–H groups in total. The molecule has 0 atom stereocenters. The molecule has 5 heteroatoms. The number of allylic oxidation sites excluding steroid dienone is 1. The molecule has 0 spiro atoms. The average Bonchev–Trinajstić information content (AvgIpc) is 3.24. The fourth-order valence-corrected chi connectivity index (χ4v) is 4.58. The number of fused-ring (bicyclic) bond motifs is 2. The van der Waals surface area contributed by atoms with E-state index in [1.54, 1.807) is 0 Å². The first kappa shape index (κ1) is 18.4. The lowest BCUT2D eigenvalue weighted by molar-refractivity contribution is 0.393. The highest BCUT2D eigenvalue weighted by molar-refractivity contribution is 6.27. The first-order valence-corrected chi connectivity index (χ1v) is 10.1. The van der Waals surface area contributed by atoms with E-state index in [0.29, 0.717) is 5.69 Å². The lowest BCUT2D eigenvalue weighted by Gasteiger charge is -2.27. The number of aryl methyl sites for hydroxylation is 2. The van der Waals surface area contributed by atoms with Gasteiger partial charge < -0.3 is 9.42 Å². The van der Waals surface area contributed by atoms with Crippen molar-refractivity contribution in [3.8, 4) is 11.1 Å². The van der Waals surface area contributed by atoms with Crippen LogP contribution in [0.25, 0.3) is 21.5 Å². The van der Waals surface area contributed by atoms with E-state index < -0.39 is 0 Å². The lowest BCUT2D eigenvalue weighted by atomic mass is 9.93. The van der Waals surface area contributed by atoms with Gasteiger partial charge in [-0.25, -0.2) is 4.85 Å². The highest BCUT2D eigenvalue weighted by atomic mass is 16.5. The summed E-state index contributed by atoms with van der Waals surface area (Å²) in [5.74, 6) is 0.826. The van der Waals surface area contributed by atoms with Gasteiger partial charge in [-0.15, -0.1) is 0 Å². The zero-order valence-electron chi connectivity index (χ0n) is 17.4. The van der Waals surface area contributed by atoms with Gasteiger partial charge in [0.2, 0.25) is 0 Å². The van der Waals surface area contributed by atoms with Gasteiger partial charge in [0.1, 0.15) is 5.76 Å². The molecule has 0 radical (unpaired) electrons. The van der Waals surface area contributed by atoms with Crippen LogP contribution < -0.4 is 4.90 Å². The molecule has 5 rings (SSSR count). The summed E-state index contributed by atoms with van der Waals surface area (Å²) in [6.45, 7) is 14.9. The molecule has 0 saturated heterocycles. The third kappa shape index (κ3) is 2.84. The molecule has 0 amide bonds. The van der Waals surface area contributed by atoms with Crippen LogP contribution in [0.3, 0.4) is 0 Å². The van der Waals surface area contributed by atoms with Gasteiger partial charge in [-0.05, 0) is 56.5 Å². The molecule has 5 nitrogen and oxygen atoms in total. The Bertz CT molecular complexity index is 1240. The van der Waals surface area contributed by atoms with E-state index in [2.05, 4.69) is 40.0 Å². The van der Waals surface area contributed by atoms with Crippen LogP contribution in [0.4, 0.5) is 17.1 Å². The molecule has 3 aromatic rings. The first-order chi connectivity index (χ1) is 14.6. The summed E-state index contributed by atoms with van der Waals surface area (Å²) < 4.78 is 5.42. The van der Waals surface area contributed by atoms with E-state index >= 15 is 0 Å². The summed E-state index contributed by atoms with van der Waals surface area (Å²) in [4.78, 5) is 10.6. The third-order valence-corrected chi connectivity index (χ3v) is 6.03. The minimum atomic E-state index is 0.655. The molecule has 0 aliphatic carbocycles. The Morgan fingerprint density at radius 1 is 1.07 bits per heavy atom. The quantitative estimate of drug-likeness (QED) is 0.481. The maximum Gasteiger partial charge on any atom is 0.187 e. The van der Waals surface area contributed by atoms with E-state index in [1.165, 1.54) is 16.7 Å². The van der Waals surface area contributed by atoms with Crippen LogP contribution in [-0.4, -0.2) is 24.0 Å². The monoisotopic (exact) mass is 394 g/mol. The van der Waals surface area contributed by atoms with Gasteiger partial charge in [0.15, 0.2) is 5.69 Å². The molecule has 1 aromatic heterocycles. The standard InChI is InChI=1S/C25H22N4O/c1-15-25-19(14-27-15)11-12-29(21-8-6-20(26-4)7-9-21)23-13-18(5-10-22(23)25)24-16(2)28-30-17(24)3/h5-10,13H,11-12,14H2,1-3H3. The van der Waals surface area contributed by atoms with Crippen molar-refractivity contribution in [2.75, 3.05) is 18.0 Å². The Labute approximate surface area is 176 Å². The summed E-state index contributed by atoms with van der Waals surface area (Å²) in [6, 6.07) is 14.5. The number of hydrogen-bond acceptors (Lipinski definition) is 4. The Morgan fingerprint density at radius 3 is 2.57 bits per heavy atom. The van der Waals surface area contributed by atoms with Gasteiger partial charge in [-0.2, -0.15) is 0 Å². The normalized spacial score (nSPS) is 15.4. The number of rotatable bonds is 2. The Hall–Kier alpha value is -3.65. The molecule has 0 saturated carbocycles. The van der Waals surface area contributed by atoms with E-state index in [4.69, 9.17) is 16.1 Å². The van der Waals surface area contributed by atoms with Crippen molar-refractivity contribution in [2.45, 2.75) is 27.2 Å². The second kappa shape index (κ2) is 7.00. The van der Waals surface area contributed by atoms with Crippen LogP contribution in [0.2, 0.25) is 0 Å². The molecule has 3 heterocycles. The molecule has 2 aromatic carbocycles. The van der Waals surface area contributed by atoms with E-state index in [0.717, 1.165) is 59.2 Å². The van der Waals surface area contributed by atoms with Crippen molar-refractivity contribution < 1.29 is 4.52 Å². The smallest absolute Gasteiger partial charge is 0.187 e. The van der Waals surface area contributed by atoms with E-state index in [1.807, 2.05) is 38.1 Å². The molecule has 0 fully saturated rings. The summed E-state index contributed by atoms with van der Waals surface area (Å²) in [6.07, 6.45) is 0.968. The van der Waals surface area contributed by atoms with Crippen LogP contribution in [-0.2, 0) is 0 Å². The van der Waals surface area contributed by atoms with Gasteiger partial charge in [0.25, 0.3) is 0 Å². The van der Waals surface area contributed by atoms with E-state index in [-0.39, 0.29) is 0 Å². The summed E-state index contributed by atoms with van der Waals surface area (Å²) >= 11 is 0. The molecule has 30 heavy (non-hydrogen) atoms. The van der Waals surface area contributed by atoms with E-state index in [9.17, 15) is 0 Å². The van der Waals surface area contributed by atoms with Crippen molar-refractivity contribution in [1.29, 1.82) is 0 Å². The highest BCUT2D eigenvalue weighted by Crippen LogP contribution is 2.43. The van der Waals surface area contributed by atoms with Crippen LogP contribution in [0.15, 0.2) is 57.6 Å². The van der Waals surface area contributed by atoms with Gasteiger partial charge in [-0.1, -0.05) is 29.4 Å². The van der Waals surface area contributed by atoms with Crippen molar-refractivity contribution in [3.05, 3.63) is 76.5 Å². The van der Waals surface area contributed by atoms with Crippen LogP contribution in [0, 0.1) is 20.4 Å². The maximum atomic E-state index is 7.24. The summed E-state index contributed by atoms with van der Waals surface area (Å²) in [5, 5.41) is 4.14. The second-order valence-corrected chi connectivity index (χ2v) is 7.84. The van der Waals surface area contributed by atoms with Crippen molar-refractivity contribution in [2.24, 2.45) is 4.99 Å². The van der Waals surface area contributed by atoms with Crippen molar-refractivity contribution in [1.82, 2.24) is 5.16 Å². The fraction of sp³-hybridized carbons (Fsp3) is 0.240. The number of hydrogen-bond donors (Lipinski definition) is 0. The molecular weight excluding hydrogens is 372 g/mol. The number of anilines is 2. The third-order valence-electron chi connectivity index (χ3n) is 6.03. The number of nitrogens with zero attached hydrogens (tertiary/aromatic N) is 4. The Balaban J connectivity index is 1.71. The van der Waals surface area contributed by atoms with Gasteiger partial charge >= 0.3 is 0 Å². The largest absolute Gasteiger partial charge is 0.361 e. The highest BCUT2D eigenvalue weighted by Gasteiger charge is 2.27. The number of aliphatic imine (C=N–C) groups is 1. The van der Waals surface area contributed by atoms with Gasteiger partial charge in [-0.3, -0.25) is 4.99 Å². The zero-order chi connectivity index (χ0) is 20.8. The maximum absolute atomic E-state index is 7.24. The van der Waals surface area contributed by atoms with Gasteiger partial charge in [0.05, 0.1) is 18.8 Å². The molecule has 2 aliphatic heterocycles.